The molecule has 0 bridgehead atoms. The van der Waals surface area contributed by atoms with E-state index in [0.29, 0.717) is 18.0 Å². The second-order valence-electron chi connectivity index (χ2n) is 4.54. The molecule has 1 unspecified atom stereocenters. The predicted octanol–water partition coefficient (Wildman–Crippen LogP) is 2.71. The number of halogens is 2. The standard InChI is InChI=1S/C8H7NO3.C7H7ClFN/c10-8(11)6-4-12-7-5(6)2-1-3-9-7;8-10-5-6-1-3-7(9)4-2-6/h1-3,6H,4H2,(H,10,11);1-4,10H,5H2. The van der Waals surface area contributed by atoms with E-state index < -0.39 is 11.9 Å². The van der Waals surface area contributed by atoms with Crippen LogP contribution in [0.3, 0.4) is 0 Å². The van der Waals surface area contributed by atoms with E-state index in [4.69, 9.17) is 21.6 Å². The lowest BCUT2D eigenvalue weighted by molar-refractivity contribution is -0.138. The Morgan fingerprint density at radius 3 is 2.77 bits per heavy atom. The third-order valence-electron chi connectivity index (χ3n) is 3.05. The molecule has 5 nitrogen and oxygen atoms in total. The Bertz CT molecular complexity index is 637. The molecule has 0 aliphatic carbocycles. The van der Waals surface area contributed by atoms with E-state index in [0.717, 1.165) is 5.56 Å². The van der Waals surface area contributed by atoms with Gasteiger partial charge in [-0.05, 0) is 35.5 Å². The number of benzene rings is 1. The molecule has 7 heteroatoms. The third-order valence-corrected chi connectivity index (χ3v) is 3.18. The Morgan fingerprint density at radius 1 is 1.41 bits per heavy atom. The van der Waals surface area contributed by atoms with Crippen LogP contribution in [0.1, 0.15) is 17.0 Å². The predicted molar refractivity (Wildman–Crippen MR) is 79.2 cm³/mol. The number of aromatic nitrogens is 1. The van der Waals surface area contributed by atoms with Crippen LogP contribution in [-0.4, -0.2) is 22.7 Å². The van der Waals surface area contributed by atoms with Crippen LogP contribution in [0.25, 0.3) is 0 Å². The largest absolute Gasteiger partial charge is 0.481 e. The molecule has 1 aliphatic heterocycles. The minimum Gasteiger partial charge on any atom is -0.481 e. The van der Waals surface area contributed by atoms with Gasteiger partial charge in [-0.1, -0.05) is 18.2 Å². The molecule has 0 amide bonds. The molecular weight excluding hydrogens is 311 g/mol. The van der Waals surface area contributed by atoms with Crippen LogP contribution >= 0.6 is 11.8 Å². The van der Waals surface area contributed by atoms with E-state index in [2.05, 4.69) is 9.82 Å². The van der Waals surface area contributed by atoms with Crippen LogP contribution in [0.2, 0.25) is 0 Å². The fraction of sp³-hybridized carbons (Fsp3) is 0.200. The average molecular weight is 325 g/mol. The highest BCUT2D eigenvalue weighted by atomic mass is 35.5. The van der Waals surface area contributed by atoms with Gasteiger partial charge in [-0.25, -0.2) is 14.2 Å². The van der Waals surface area contributed by atoms with Gasteiger partial charge in [-0.15, -0.1) is 0 Å². The van der Waals surface area contributed by atoms with E-state index in [-0.39, 0.29) is 12.4 Å². The normalized spacial score (nSPS) is 15.3. The number of hydrogen-bond donors (Lipinski definition) is 2. The maximum Gasteiger partial charge on any atom is 0.314 e. The first-order valence-electron chi connectivity index (χ1n) is 6.50. The molecule has 2 N–H and O–H groups in total. The second-order valence-corrected chi connectivity index (χ2v) is 4.80. The monoisotopic (exact) mass is 324 g/mol. The van der Waals surface area contributed by atoms with Crippen molar-refractivity contribution in [3.63, 3.8) is 0 Å². The molecule has 0 saturated heterocycles. The van der Waals surface area contributed by atoms with Gasteiger partial charge in [-0.3, -0.25) is 4.79 Å². The fourth-order valence-corrected chi connectivity index (χ4v) is 2.08. The summed E-state index contributed by atoms with van der Waals surface area (Å²) in [6.07, 6.45) is 1.59. The molecule has 1 atom stereocenters. The van der Waals surface area contributed by atoms with Gasteiger partial charge in [0.2, 0.25) is 5.88 Å². The van der Waals surface area contributed by atoms with Crippen molar-refractivity contribution in [3.05, 3.63) is 59.5 Å². The van der Waals surface area contributed by atoms with Gasteiger partial charge in [0, 0.05) is 18.3 Å². The number of nitrogens with one attached hydrogen (secondary N) is 1. The molecule has 0 saturated carbocycles. The molecule has 1 aromatic heterocycles. The Morgan fingerprint density at radius 2 is 2.14 bits per heavy atom. The van der Waals surface area contributed by atoms with Crippen LogP contribution in [-0.2, 0) is 11.3 Å². The lowest BCUT2D eigenvalue weighted by Crippen LogP contribution is -2.12. The summed E-state index contributed by atoms with van der Waals surface area (Å²) in [6.45, 7) is 0.753. The van der Waals surface area contributed by atoms with Crippen molar-refractivity contribution in [1.82, 2.24) is 9.82 Å². The Balaban J connectivity index is 0.000000164. The van der Waals surface area contributed by atoms with Crippen molar-refractivity contribution in [2.45, 2.75) is 12.5 Å². The summed E-state index contributed by atoms with van der Waals surface area (Å²) in [5.41, 5.74) is 1.64. The summed E-state index contributed by atoms with van der Waals surface area (Å²) in [4.78, 5) is 17.0. The summed E-state index contributed by atoms with van der Waals surface area (Å²) < 4.78 is 17.4. The number of carboxylic acid groups (broad SMARTS) is 1. The topological polar surface area (TPSA) is 71.5 Å². The number of rotatable bonds is 3. The van der Waals surface area contributed by atoms with E-state index in [1.54, 1.807) is 30.5 Å². The molecule has 0 spiro atoms. The number of carbonyl (C=O) groups is 1. The Hall–Kier alpha value is -2.18. The average Bonchev–Trinajstić information content (AvgIpc) is 2.95. The second kappa shape index (κ2) is 7.72. The molecule has 116 valence electrons. The fourth-order valence-electron chi connectivity index (χ4n) is 1.92. The molecule has 1 aliphatic rings. The zero-order valence-corrected chi connectivity index (χ0v) is 12.3. The molecule has 3 rings (SSSR count). The van der Waals surface area contributed by atoms with Gasteiger partial charge in [-0.2, -0.15) is 0 Å². The maximum absolute atomic E-state index is 12.3. The minimum absolute atomic E-state index is 0.196. The maximum atomic E-state index is 12.3. The molecular formula is C15H14ClFN2O3. The van der Waals surface area contributed by atoms with Crippen LogP contribution in [0.5, 0.6) is 5.88 Å². The van der Waals surface area contributed by atoms with E-state index >= 15 is 0 Å². The van der Waals surface area contributed by atoms with Gasteiger partial charge in [0.25, 0.3) is 0 Å². The summed E-state index contributed by atoms with van der Waals surface area (Å²) in [7, 11) is 0. The van der Waals surface area contributed by atoms with Crippen molar-refractivity contribution in [2.24, 2.45) is 0 Å². The Kier molecular flexibility index (Phi) is 5.68. The summed E-state index contributed by atoms with van der Waals surface area (Å²) in [5.74, 6) is -1.18. The number of fused-ring (bicyclic) bond motifs is 1. The smallest absolute Gasteiger partial charge is 0.314 e. The van der Waals surface area contributed by atoms with Crippen LogP contribution in [0, 0.1) is 5.82 Å². The molecule has 0 radical (unpaired) electrons. The Labute approximate surface area is 131 Å². The van der Waals surface area contributed by atoms with Crippen molar-refractivity contribution < 1.29 is 19.0 Å². The molecule has 22 heavy (non-hydrogen) atoms. The first-order chi connectivity index (χ1) is 10.6. The molecule has 0 fully saturated rings. The van der Waals surface area contributed by atoms with Gasteiger partial charge >= 0.3 is 5.97 Å². The van der Waals surface area contributed by atoms with Gasteiger partial charge < -0.3 is 9.84 Å². The van der Waals surface area contributed by atoms with Crippen molar-refractivity contribution in [2.75, 3.05) is 6.61 Å². The summed E-state index contributed by atoms with van der Waals surface area (Å²) >= 11 is 5.23. The minimum atomic E-state index is -0.859. The lowest BCUT2D eigenvalue weighted by Gasteiger charge is -1.99. The molecule has 2 aromatic rings. The number of ether oxygens (including phenoxy) is 1. The van der Waals surface area contributed by atoms with Gasteiger partial charge in [0.05, 0.1) is 0 Å². The van der Waals surface area contributed by atoms with Crippen LogP contribution in [0.4, 0.5) is 4.39 Å². The number of nitrogens with zero attached hydrogens (tertiary/aromatic N) is 1. The highest BCUT2D eigenvalue weighted by Crippen LogP contribution is 2.31. The highest BCUT2D eigenvalue weighted by molar-refractivity contribution is 6.13. The van der Waals surface area contributed by atoms with Crippen LogP contribution in [0.15, 0.2) is 42.6 Å². The highest BCUT2D eigenvalue weighted by Gasteiger charge is 2.30. The summed E-state index contributed by atoms with van der Waals surface area (Å²) in [5, 5.41) is 8.75. The molecule has 2 heterocycles. The van der Waals surface area contributed by atoms with E-state index in [1.165, 1.54) is 12.1 Å². The number of carboxylic acids is 1. The summed E-state index contributed by atoms with van der Waals surface area (Å²) in [6, 6.07) is 9.63. The third kappa shape index (κ3) is 4.16. The first kappa shape index (κ1) is 16.2. The zero-order chi connectivity index (χ0) is 15.9. The quantitative estimate of drug-likeness (QED) is 0.849. The first-order valence-corrected chi connectivity index (χ1v) is 6.88. The molecule has 1 aromatic carbocycles. The van der Waals surface area contributed by atoms with Gasteiger partial charge in [0.1, 0.15) is 18.3 Å². The van der Waals surface area contributed by atoms with E-state index in [1.807, 2.05) is 0 Å². The van der Waals surface area contributed by atoms with Crippen molar-refractivity contribution >= 4 is 17.7 Å². The SMILES string of the molecule is Fc1ccc(CNCl)cc1.O=C(O)C1COc2ncccc21. The van der Waals surface area contributed by atoms with Crippen molar-refractivity contribution in [1.29, 1.82) is 0 Å². The number of hydrogen-bond acceptors (Lipinski definition) is 4. The van der Waals surface area contributed by atoms with Crippen LogP contribution < -0.4 is 9.57 Å². The number of aliphatic carboxylic acids is 1. The van der Waals surface area contributed by atoms with Gasteiger partial charge in [0.15, 0.2) is 0 Å². The van der Waals surface area contributed by atoms with E-state index in [9.17, 15) is 9.18 Å². The van der Waals surface area contributed by atoms with Crippen molar-refractivity contribution in [3.8, 4) is 5.88 Å². The lowest BCUT2D eigenvalue weighted by atomic mass is 10.0. The number of pyridine rings is 1. The zero-order valence-electron chi connectivity index (χ0n) is 11.5.